The molecule has 130 valence electrons. The minimum Gasteiger partial charge on any atom is -0.493 e. The highest BCUT2D eigenvalue weighted by molar-refractivity contribution is 9.10. The van der Waals surface area contributed by atoms with Crippen molar-refractivity contribution in [2.45, 2.75) is 26.5 Å². The highest BCUT2D eigenvalue weighted by Crippen LogP contribution is 2.36. The number of thiazole rings is 1. The summed E-state index contributed by atoms with van der Waals surface area (Å²) in [6.07, 6.45) is 3.08. The fraction of sp³-hybridized carbons (Fsp3) is 0.235. The van der Waals surface area contributed by atoms with Crippen LogP contribution in [0.5, 0.6) is 5.88 Å². The molecule has 0 saturated heterocycles. The van der Waals surface area contributed by atoms with E-state index in [1.165, 1.54) is 0 Å². The molecule has 0 saturated carbocycles. The molecule has 8 heteroatoms. The van der Waals surface area contributed by atoms with Crippen molar-refractivity contribution in [3.63, 3.8) is 0 Å². The van der Waals surface area contributed by atoms with Crippen molar-refractivity contribution in [2.75, 3.05) is 0 Å². The second kappa shape index (κ2) is 6.97. The molecule has 0 bridgehead atoms. The molecule has 0 spiro atoms. The van der Waals surface area contributed by atoms with Gasteiger partial charge in [-0.2, -0.15) is 0 Å². The normalized spacial score (nSPS) is 14.3. The van der Waals surface area contributed by atoms with E-state index in [4.69, 9.17) is 4.74 Å². The van der Waals surface area contributed by atoms with E-state index >= 15 is 0 Å². The van der Waals surface area contributed by atoms with Crippen LogP contribution < -0.4 is 4.87 Å². The summed E-state index contributed by atoms with van der Waals surface area (Å²) in [4.78, 5) is 28.1. The number of ether oxygens (including phenoxy) is 1. The van der Waals surface area contributed by atoms with Crippen LogP contribution in [-0.2, 0) is 16.1 Å². The first-order valence-corrected chi connectivity index (χ1v) is 9.14. The number of halogens is 1. The fourth-order valence-electron chi connectivity index (χ4n) is 2.39. The van der Waals surface area contributed by atoms with E-state index in [9.17, 15) is 14.7 Å². The number of nitrogens with zero attached hydrogens (tertiary/aromatic N) is 2. The first-order chi connectivity index (χ1) is 11.8. The van der Waals surface area contributed by atoms with Crippen molar-refractivity contribution in [2.24, 2.45) is 4.99 Å². The van der Waals surface area contributed by atoms with Crippen molar-refractivity contribution >= 4 is 56.8 Å². The van der Waals surface area contributed by atoms with Gasteiger partial charge in [0.05, 0.1) is 16.7 Å². The van der Waals surface area contributed by atoms with Gasteiger partial charge in [-0.05, 0) is 38.1 Å². The van der Waals surface area contributed by atoms with Gasteiger partial charge in [-0.1, -0.05) is 27.3 Å². The Bertz CT molecular complexity index is 956. The van der Waals surface area contributed by atoms with Gasteiger partial charge in [0.1, 0.15) is 6.54 Å². The third-order valence-corrected chi connectivity index (χ3v) is 4.86. The predicted molar refractivity (Wildman–Crippen MR) is 102 cm³/mol. The molecule has 1 aromatic heterocycles. The summed E-state index contributed by atoms with van der Waals surface area (Å²) >= 11 is 4.29. The van der Waals surface area contributed by atoms with Crippen molar-refractivity contribution in [3.8, 4) is 5.88 Å². The quantitative estimate of drug-likeness (QED) is 0.763. The van der Waals surface area contributed by atoms with Crippen molar-refractivity contribution in [1.82, 2.24) is 4.57 Å². The number of benzene rings is 1. The number of aliphatic imine (C=N–C) groups is 1. The molecule has 6 nitrogen and oxygen atoms in total. The summed E-state index contributed by atoms with van der Waals surface area (Å²) in [7, 11) is 0. The number of carbonyl (C=O) groups is 1. The number of carbonyl (C=O) groups excluding carboxylic acids is 1. The zero-order chi connectivity index (χ0) is 18.1. The number of aromatic nitrogens is 1. The topological polar surface area (TPSA) is 80.9 Å². The Morgan fingerprint density at radius 1 is 1.48 bits per heavy atom. The number of allylic oxidation sites excluding steroid dienone is 1. The maximum absolute atomic E-state index is 12.1. The largest absolute Gasteiger partial charge is 0.493 e. The van der Waals surface area contributed by atoms with E-state index in [0.717, 1.165) is 37.2 Å². The second-order valence-corrected chi connectivity index (χ2v) is 7.61. The summed E-state index contributed by atoms with van der Waals surface area (Å²) < 4.78 is 6.94. The Morgan fingerprint density at radius 3 is 2.96 bits per heavy atom. The Hall–Kier alpha value is -2.19. The minimum absolute atomic E-state index is 0.250. The molecule has 1 aliphatic heterocycles. The smallest absolute Gasteiger partial charge is 0.326 e. The van der Waals surface area contributed by atoms with Gasteiger partial charge in [0.2, 0.25) is 5.88 Å². The molecule has 0 atom stereocenters. The lowest BCUT2D eigenvalue weighted by Gasteiger charge is -2.08. The molecule has 1 aromatic carbocycles. The van der Waals surface area contributed by atoms with Crippen LogP contribution in [0.15, 0.2) is 32.5 Å². The molecule has 2 heterocycles. The van der Waals surface area contributed by atoms with Crippen LogP contribution in [0.4, 0.5) is 5.69 Å². The van der Waals surface area contributed by atoms with Gasteiger partial charge in [-0.25, -0.2) is 0 Å². The van der Waals surface area contributed by atoms with Gasteiger partial charge < -0.3 is 9.84 Å². The van der Waals surface area contributed by atoms with Gasteiger partial charge in [-0.15, -0.1) is 0 Å². The third kappa shape index (κ3) is 3.74. The van der Waals surface area contributed by atoms with Gasteiger partial charge >= 0.3 is 10.8 Å². The van der Waals surface area contributed by atoms with Crippen LogP contribution in [0.1, 0.15) is 24.3 Å². The molecule has 0 radical (unpaired) electrons. The Balaban J connectivity index is 1.92. The number of esters is 1. The van der Waals surface area contributed by atoms with E-state index in [0.29, 0.717) is 4.88 Å². The lowest BCUT2D eigenvalue weighted by Crippen LogP contribution is -2.22. The maximum Gasteiger partial charge on any atom is 0.326 e. The molecule has 1 N–H and O–H groups in total. The van der Waals surface area contributed by atoms with E-state index < -0.39 is 10.8 Å². The molecule has 0 amide bonds. The molecule has 2 aromatic rings. The highest BCUT2D eigenvalue weighted by Gasteiger charge is 2.19. The Morgan fingerprint density at radius 2 is 2.24 bits per heavy atom. The van der Waals surface area contributed by atoms with E-state index in [1.807, 2.05) is 18.2 Å². The average molecular weight is 423 g/mol. The van der Waals surface area contributed by atoms with Crippen LogP contribution in [0.2, 0.25) is 0 Å². The SMILES string of the molecule is CC(C)OC(=O)Cn1c(O)c(/C=C2/C=Nc3ccc(Br)cc32)sc1=O. The zero-order valence-electron chi connectivity index (χ0n) is 13.5. The minimum atomic E-state index is -0.568. The number of hydrogen-bond acceptors (Lipinski definition) is 6. The Labute approximate surface area is 156 Å². The van der Waals surface area contributed by atoms with Crippen LogP contribution in [0, 0.1) is 0 Å². The van der Waals surface area contributed by atoms with Crippen LogP contribution in [0.3, 0.4) is 0 Å². The lowest BCUT2D eigenvalue weighted by atomic mass is 10.1. The molecule has 0 aliphatic carbocycles. The lowest BCUT2D eigenvalue weighted by molar-refractivity contribution is -0.148. The van der Waals surface area contributed by atoms with Crippen molar-refractivity contribution in [1.29, 1.82) is 0 Å². The average Bonchev–Trinajstić information content (AvgIpc) is 3.03. The molecule has 0 unspecified atom stereocenters. The van der Waals surface area contributed by atoms with Gasteiger partial charge in [0.25, 0.3) is 0 Å². The first-order valence-electron chi connectivity index (χ1n) is 7.53. The molecule has 3 rings (SSSR count). The number of fused-ring (bicyclic) bond motifs is 1. The molecule has 0 fully saturated rings. The zero-order valence-corrected chi connectivity index (χ0v) is 15.9. The number of hydrogen-bond donors (Lipinski definition) is 1. The fourth-order valence-corrected chi connectivity index (χ4v) is 3.59. The van der Waals surface area contributed by atoms with E-state index in [-0.39, 0.29) is 18.5 Å². The van der Waals surface area contributed by atoms with E-state index in [2.05, 4.69) is 20.9 Å². The second-order valence-electron chi connectivity index (χ2n) is 5.70. The Kier molecular flexibility index (Phi) is 4.91. The molecular formula is C17H15BrN2O4S. The summed E-state index contributed by atoms with van der Waals surface area (Å²) in [6, 6.07) is 5.70. The molecule has 25 heavy (non-hydrogen) atoms. The van der Waals surface area contributed by atoms with Crippen molar-refractivity contribution < 1.29 is 14.6 Å². The summed E-state index contributed by atoms with van der Waals surface area (Å²) in [6.45, 7) is 3.12. The number of rotatable bonds is 4. The standard InChI is InChI=1S/C17H15BrN2O4S/c1-9(2)24-15(21)8-20-16(22)14(25-17(20)23)5-10-7-19-13-4-3-11(18)6-12(10)13/h3-7,9,22H,8H2,1-2H3/b10-5-. The van der Waals surface area contributed by atoms with Gasteiger partial charge in [-0.3, -0.25) is 19.1 Å². The third-order valence-electron chi connectivity index (χ3n) is 3.45. The highest BCUT2D eigenvalue weighted by atomic mass is 79.9. The van der Waals surface area contributed by atoms with E-state index in [1.54, 1.807) is 26.1 Å². The van der Waals surface area contributed by atoms with Crippen molar-refractivity contribution in [3.05, 3.63) is 42.8 Å². The van der Waals surface area contributed by atoms with Crippen LogP contribution in [0.25, 0.3) is 11.6 Å². The molecule has 1 aliphatic rings. The summed E-state index contributed by atoms with van der Waals surface area (Å²) in [5.74, 6) is -0.818. The molecular weight excluding hydrogens is 408 g/mol. The van der Waals surface area contributed by atoms with Gasteiger partial charge in [0, 0.05) is 21.8 Å². The summed E-state index contributed by atoms with van der Waals surface area (Å²) in [5, 5.41) is 10.3. The van der Waals surface area contributed by atoms with Crippen LogP contribution >= 0.6 is 27.3 Å². The van der Waals surface area contributed by atoms with Crippen LogP contribution in [-0.4, -0.2) is 28.0 Å². The number of aromatic hydroxyl groups is 1. The maximum atomic E-state index is 12.1. The summed E-state index contributed by atoms with van der Waals surface area (Å²) in [5.41, 5.74) is 2.51. The predicted octanol–water partition coefficient (Wildman–Crippen LogP) is 3.59. The monoisotopic (exact) mass is 422 g/mol. The van der Waals surface area contributed by atoms with Gasteiger partial charge in [0.15, 0.2) is 0 Å². The first kappa shape index (κ1) is 17.6.